The van der Waals surface area contributed by atoms with Gasteiger partial charge in [0, 0.05) is 12.8 Å². The van der Waals surface area contributed by atoms with E-state index in [1.807, 2.05) is 0 Å². The Morgan fingerprint density at radius 3 is 1.49 bits per heavy atom. The van der Waals surface area contributed by atoms with E-state index < -0.39 is 0 Å². The average molecular weight is 610 g/mol. The molecule has 0 aliphatic heterocycles. The van der Waals surface area contributed by atoms with Crippen LogP contribution in [-0.4, -0.2) is 49.2 Å². The molecule has 0 aliphatic rings. The number of carbonyl (C=O) groups excluding carboxylic acids is 2. The standard InChI is InChI=1S/C38H75NO4/c1-5-9-12-15-18-23-29-36(30-24-19-16-13-10-6-2)43-38(41)31-25-20-17-21-26-33-39(8-4)34-28-32-37(40)42-35-27-22-14-11-7-3/h36H,5-35H2,1-4H3. The van der Waals surface area contributed by atoms with Crippen molar-refractivity contribution in [2.45, 2.75) is 207 Å². The Hall–Kier alpha value is -1.10. The molecule has 0 unspecified atom stereocenters. The number of esters is 2. The number of carbonyl (C=O) groups is 2. The van der Waals surface area contributed by atoms with E-state index in [0.717, 1.165) is 64.6 Å². The van der Waals surface area contributed by atoms with Gasteiger partial charge in [0.25, 0.3) is 0 Å². The van der Waals surface area contributed by atoms with Crippen LogP contribution in [0.25, 0.3) is 0 Å². The maximum atomic E-state index is 12.6. The molecule has 5 heteroatoms. The molecule has 5 nitrogen and oxygen atoms in total. The van der Waals surface area contributed by atoms with Crippen LogP contribution in [0.5, 0.6) is 0 Å². The number of nitrogens with zero attached hydrogens (tertiary/aromatic N) is 1. The highest BCUT2D eigenvalue weighted by Crippen LogP contribution is 2.18. The van der Waals surface area contributed by atoms with Gasteiger partial charge in [-0.3, -0.25) is 9.59 Å². The van der Waals surface area contributed by atoms with Crippen molar-refractivity contribution < 1.29 is 19.1 Å². The van der Waals surface area contributed by atoms with E-state index in [0.29, 0.717) is 19.4 Å². The van der Waals surface area contributed by atoms with E-state index in [2.05, 4.69) is 32.6 Å². The van der Waals surface area contributed by atoms with Crippen LogP contribution < -0.4 is 0 Å². The Morgan fingerprint density at radius 2 is 0.930 bits per heavy atom. The second kappa shape index (κ2) is 33.8. The van der Waals surface area contributed by atoms with Crippen LogP contribution in [-0.2, 0) is 19.1 Å². The van der Waals surface area contributed by atoms with E-state index in [1.165, 1.54) is 116 Å². The van der Waals surface area contributed by atoms with Crippen LogP contribution in [0.3, 0.4) is 0 Å². The van der Waals surface area contributed by atoms with Crippen molar-refractivity contribution in [2.24, 2.45) is 0 Å². The fourth-order valence-electron chi connectivity index (χ4n) is 5.79. The van der Waals surface area contributed by atoms with Gasteiger partial charge >= 0.3 is 11.9 Å². The monoisotopic (exact) mass is 610 g/mol. The van der Waals surface area contributed by atoms with Crippen LogP contribution in [0.15, 0.2) is 0 Å². The second-order valence-electron chi connectivity index (χ2n) is 12.9. The molecule has 0 aromatic carbocycles. The van der Waals surface area contributed by atoms with Crippen molar-refractivity contribution in [2.75, 3.05) is 26.2 Å². The van der Waals surface area contributed by atoms with Gasteiger partial charge in [-0.2, -0.15) is 0 Å². The van der Waals surface area contributed by atoms with Gasteiger partial charge in [0.2, 0.25) is 0 Å². The van der Waals surface area contributed by atoms with E-state index in [1.54, 1.807) is 0 Å². The van der Waals surface area contributed by atoms with Gasteiger partial charge in [-0.25, -0.2) is 0 Å². The molecule has 0 aromatic heterocycles. The first-order chi connectivity index (χ1) is 21.1. The maximum Gasteiger partial charge on any atom is 0.306 e. The fourth-order valence-corrected chi connectivity index (χ4v) is 5.79. The topological polar surface area (TPSA) is 55.8 Å². The van der Waals surface area contributed by atoms with E-state index in [-0.39, 0.29) is 18.0 Å². The summed E-state index contributed by atoms with van der Waals surface area (Å²) in [5.74, 6) is -0.0182. The smallest absolute Gasteiger partial charge is 0.306 e. The molecule has 0 amide bonds. The minimum absolute atomic E-state index is 0.0224. The lowest BCUT2D eigenvalue weighted by atomic mass is 10.0. The fraction of sp³-hybridized carbons (Fsp3) is 0.947. The van der Waals surface area contributed by atoms with Crippen molar-refractivity contribution in [1.29, 1.82) is 0 Å². The number of hydrogen-bond acceptors (Lipinski definition) is 5. The van der Waals surface area contributed by atoms with Gasteiger partial charge in [0.1, 0.15) is 6.10 Å². The Labute approximate surface area is 269 Å². The summed E-state index contributed by atoms with van der Waals surface area (Å²) < 4.78 is 11.4. The molecule has 0 fully saturated rings. The van der Waals surface area contributed by atoms with E-state index in [9.17, 15) is 9.59 Å². The summed E-state index contributed by atoms with van der Waals surface area (Å²) >= 11 is 0. The van der Waals surface area contributed by atoms with Crippen molar-refractivity contribution >= 4 is 11.9 Å². The largest absolute Gasteiger partial charge is 0.466 e. The Kier molecular flexibility index (Phi) is 32.9. The molecule has 0 atom stereocenters. The Balaban J connectivity index is 3.98. The molecule has 0 spiro atoms. The average Bonchev–Trinajstić information content (AvgIpc) is 3.00. The summed E-state index contributed by atoms with van der Waals surface area (Å²) in [6.07, 6.45) is 31.2. The predicted molar refractivity (Wildman–Crippen MR) is 185 cm³/mol. The zero-order chi connectivity index (χ0) is 31.6. The normalized spacial score (nSPS) is 11.5. The third-order valence-corrected chi connectivity index (χ3v) is 8.73. The lowest BCUT2D eigenvalue weighted by molar-refractivity contribution is -0.150. The third-order valence-electron chi connectivity index (χ3n) is 8.73. The van der Waals surface area contributed by atoms with Crippen molar-refractivity contribution in [3.63, 3.8) is 0 Å². The van der Waals surface area contributed by atoms with Gasteiger partial charge in [0.15, 0.2) is 0 Å². The Bertz CT molecular complexity index is 580. The molecule has 0 aliphatic carbocycles. The van der Waals surface area contributed by atoms with E-state index in [4.69, 9.17) is 9.47 Å². The highest BCUT2D eigenvalue weighted by atomic mass is 16.5. The minimum Gasteiger partial charge on any atom is -0.466 e. The Morgan fingerprint density at radius 1 is 0.488 bits per heavy atom. The van der Waals surface area contributed by atoms with Crippen LogP contribution >= 0.6 is 0 Å². The number of ether oxygens (including phenoxy) is 2. The van der Waals surface area contributed by atoms with Crippen LogP contribution in [0.4, 0.5) is 0 Å². The number of hydrogen-bond donors (Lipinski definition) is 0. The molecule has 0 bridgehead atoms. The molecule has 0 N–H and O–H groups in total. The van der Waals surface area contributed by atoms with E-state index >= 15 is 0 Å². The van der Waals surface area contributed by atoms with Crippen molar-refractivity contribution in [3.8, 4) is 0 Å². The van der Waals surface area contributed by atoms with Gasteiger partial charge in [-0.1, -0.05) is 137 Å². The minimum atomic E-state index is -0.0405. The molecule has 0 heterocycles. The molecule has 256 valence electrons. The first-order valence-electron chi connectivity index (χ1n) is 19.1. The molecule has 0 rings (SSSR count). The molecule has 0 aromatic rings. The second-order valence-corrected chi connectivity index (χ2v) is 12.9. The summed E-state index contributed by atoms with van der Waals surface area (Å²) in [6.45, 7) is 12.6. The molecule has 0 saturated heterocycles. The lowest BCUT2D eigenvalue weighted by Gasteiger charge is -2.20. The predicted octanol–water partition coefficient (Wildman–Crippen LogP) is 11.4. The first-order valence-corrected chi connectivity index (χ1v) is 19.1. The van der Waals surface area contributed by atoms with Crippen molar-refractivity contribution in [3.05, 3.63) is 0 Å². The quantitative estimate of drug-likeness (QED) is 0.0536. The zero-order valence-electron chi connectivity index (χ0n) is 29.6. The zero-order valence-corrected chi connectivity index (χ0v) is 29.6. The number of unbranched alkanes of at least 4 members (excludes halogenated alkanes) is 18. The molecular formula is C38H75NO4. The summed E-state index contributed by atoms with van der Waals surface area (Å²) in [6, 6.07) is 0. The molecule has 0 saturated carbocycles. The first kappa shape index (κ1) is 41.9. The van der Waals surface area contributed by atoms with Crippen LogP contribution in [0.2, 0.25) is 0 Å². The molecule has 43 heavy (non-hydrogen) atoms. The SMILES string of the molecule is CCCCCCCCC(CCCCCCCC)OC(=O)CCCCCCCN(CC)CCCC(=O)OCCCCCCC. The molecule has 0 radical (unpaired) electrons. The summed E-state index contributed by atoms with van der Waals surface area (Å²) in [7, 11) is 0. The summed E-state index contributed by atoms with van der Waals surface area (Å²) in [5.41, 5.74) is 0. The van der Waals surface area contributed by atoms with Crippen LogP contribution in [0.1, 0.15) is 201 Å². The van der Waals surface area contributed by atoms with Crippen molar-refractivity contribution in [1.82, 2.24) is 4.90 Å². The summed E-state index contributed by atoms with van der Waals surface area (Å²) in [4.78, 5) is 27.0. The summed E-state index contributed by atoms with van der Waals surface area (Å²) in [5, 5.41) is 0. The van der Waals surface area contributed by atoms with Gasteiger partial charge < -0.3 is 14.4 Å². The third kappa shape index (κ3) is 30.7. The van der Waals surface area contributed by atoms with Gasteiger partial charge in [-0.05, 0) is 71.0 Å². The highest BCUT2D eigenvalue weighted by Gasteiger charge is 2.14. The maximum absolute atomic E-state index is 12.6. The van der Waals surface area contributed by atoms with Gasteiger partial charge in [0.05, 0.1) is 6.61 Å². The van der Waals surface area contributed by atoms with Crippen LogP contribution in [0, 0.1) is 0 Å². The number of rotatable bonds is 34. The molecular weight excluding hydrogens is 534 g/mol. The highest BCUT2D eigenvalue weighted by molar-refractivity contribution is 5.69. The van der Waals surface area contributed by atoms with Gasteiger partial charge in [-0.15, -0.1) is 0 Å². The lowest BCUT2D eigenvalue weighted by Crippen LogP contribution is -2.26.